The highest BCUT2D eigenvalue weighted by Gasteiger charge is 2.49. The van der Waals surface area contributed by atoms with Crippen molar-refractivity contribution >= 4 is 5.84 Å². The number of amidine groups is 1. The van der Waals surface area contributed by atoms with Crippen molar-refractivity contribution < 1.29 is 13.2 Å². The summed E-state index contributed by atoms with van der Waals surface area (Å²) in [7, 11) is 1.37. The number of halogens is 3. The molecule has 0 rings (SSSR count). The maximum Gasteiger partial charge on any atom is 0.399 e. The van der Waals surface area contributed by atoms with Crippen LogP contribution in [0.15, 0.2) is 16.8 Å². The molecular weight excluding hydrogens is 195 g/mol. The highest BCUT2D eigenvalue weighted by atomic mass is 19.4. The van der Waals surface area contributed by atoms with E-state index in [4.69, 9.17) is 11.5 Å². The number of rotatable bonds is 2. The van der Waals surface area contributed by atoms with Crippen molar-refractivity contribution in [3.63, 3.8) is 0 Å². The summed E-state index contributed by atoms with van der Waals surface area (Å²) in [6.07, 6.45) is -3.38. The van der Waals surface area contributed by atoms with Crippen LogP contribution >= 0.6 is 0 Å². The number of aliphatic imine (C=N–C) groups is 1. The summed E-state index contributed by atoms with van der Waals surface area (Å²) >= 11 is 0. The van der Waals surface area contributed by atoms with E-state index in [1.54, 1.807) is 0 Å². The maximum absolute atomic E-state index is 12.4. The quantitative estimate of drug-likeness (QED) is 0.533. The number of hydrogen-bond donors (Lipinski definition) is 2. The van der Waals surface area contributed by atoms with Crippen molar-refractivity contribution in [3.8, 4) is 0 Å². The van der Waals surface area contributed by atoms with Gasteiger partial charge in [0.15, 0.2) is 0 Å². The van der Waals surface area contributed by atoms with Gasteiger partial charge in [-0.2, -0.15) is 13.2 Å². The first-order valence-electron chi connectivity index (χ1n) is 3.89. The molecule has 0 radical (unpaired) electrons. The topological polar surface area (TPSA) is 64.4 Å². The van der Waals surface area contributed by atoms with Gasteiger partial charge in [0.05, 0.1) is 5.41 Å². The molecule has 0 aliphatic carbocycles. The molecule has 82 valence electrons. The van der Waals surface area contributed by atoms with E-state index in [1.165, 1.54) is 7.05 Å². The highest BCUT2D eigenvalue weighted by molar-refractivity contribution is 5.91. The SMILES string of the molecule is CN=C(N)C=C(N)C(C)(C)C(F)(F)F. The van der Waals surface area contributed by atoms with Crippen LogP contribution in [0.25, 0.3) is 0 Å². The standard InChI is InChI=1S/C8H14F3N3/c1-7(2,8(9,10)11)5(12)4-6(13)14-3/h4H,12H2,1-3H3,(H2,13,14). The van der Waals surface area contributed by atoms with Gasteiger partial charge in [-0.05, 0) is 19.9 Å². The molecule has 4 N–H and O–H groups in total. The molecule has 0 aromatic rings. The molecule has 6 heteroatoms. The lowest BCUT2D eigenvalue weighted by atomic mass is 9.88. The Hall–Kier alpha value is -1.20. The third-order valence-corrected chi connectivity index (χ3v) is 1.99. The molecule has 14 heavy (non-hydrogen) atoms. The predicted molar refractivity (Wildman–Crippen MR) is 49.7 cm³/mol. The summed E-state index contributed by atoms with van der Waals surface area (Å²) in [5.74, 6) is -0.0279. The van der Waals surface area contributed by atoms with Crippen LogP contribution in [0, 0.1) is 5.41 Å². The van der Waals surface area contributed by atoms with E-state index in [0.29, 0.717) is 0 Å². The minimum absolute atomic E-state index is 0.0279. The van der Waals surface area contributed by atoms with Crippen molar-refractivity contribution in [1.29, 1.82) is 0 Å². The molecule has 0 bridgehead atoms. The van der Waals surface area contributed by atoms with Crippen molar-refractivity contribution in [2.75, 3.05) is 7.05 Å². The Morgan fingerprint density at radius 2 is 1.64 bits per heavy atom. The molecule has 0 heterocycles. The fourth-order valence-electron chi connectivity index (χ4n) is 0.568. The van der Waals surface area contributed by atoms with E-state index in [0.717, 1.165) is 19.9 Å². The average Bonchev–Trinajstić information content (AvgIpc) is 2.01. The minimum atomic E-state index is -4.40. The second-order valence-corrected chi connectivity index (χ2v) is 3.37. The fourth-order valence-corrected chi connectivity index (χ4v) is 0.568. The van der Waals surface area contributed by atoms with Gasteiger partial charge >= 0.3 is 6.18 Å². The van der Waals surface area contributed by atoms with Crippen LogP contribution in [0.4, 0.5) is 13.2 Å². The Bertz CT molecular complexity index is 263. The monoisotopic (exact) mass is 209 g/mol. The van der Waals surface area contributed by atoms with Gasteiger partial charge in [0.25, 0.3) is 0 Å². The van der Waals surface area contributed by atoms with Gasteiger partial charge in [0, 0.05) is 12.7 Å². The first-order valence-corrected chi connectivity index (χ1v) is 3.89. The summed E-state index contributed by atoms with van der Waals surface area (Å²) in [5, 5.41) is 0. The Morgan fingerprint density at radius 1 is 1.21 bits per heavy atom. The third kappa shape index (κ3) is 2.65. The van der Waals surface area contributed by atoms with Crippen molar-refractivity contribution in [3.05, 3.63) is 11.8 Å². The normalized spacial score (nSPS) is 15.9. The van der Waals surface area contributed by atoms with Gasteiger partial charge in [0.2, 0.25) is 0 Å². The van der Waals surface area contributed by atoms with E-state index >= 15 is 0 Å². The maximum atomic E-state index is 12.4. The molecule has 0 aliphatic heterocycles. The predicted octanol–water partition coefficient (Wildman–Crippen LogP) is 1.40. The molecular formula is C8H14F3N3. The minimum Gasteiger partial charge on any atom is -0.401 e. The fraction of sp³-hybridized carbons (Fsp3) is 0.625. The van der Waals surface area contributed by atoms with Crippen LogP contribution in [0.3, 0.4) is 0 Å². The summed E-state index contributed by atoms with van der Waals surface area (Å²) in [6, 6.07) is 0. The Kier molecular flexibility index (Phi) is 3.56. The number of nitrogens with zero attached hydrogens (tertiary/aromatic N) is 1. The molecule has 0 aromatic carbocycles. The second-order valence-electron chi connectivity index (χ2n) is 3.37. The summed E-state index contributed by atoms with van der Waals surface area (Å²) in [6.45, 7) is 1.98. The van der Waals surface area contributed by atoms with Gasteiger partial charge in [-0.15, -0.1) is 0 Å². The Morgan fingerprint density at radius 3 is 1.93 bits per heavy atom. The van der Waals surface area contributed by atoms with Crippen molar-refractivity contribution in [2.24, 2.45) is 21.9 Å². The van der Waals surface area contributed by atoms with Crippen LogP contribution in [0.1, 0.15) is 13.8 Å². The summed E-state index contributed by atoms with van der Waals surface area (Å²) in [4.78, 5) is 3.49. The smallest absolute Gasteiger partial charge is 0.399 e. The molecule has 0 atom stereocenters. The zero-order chi connectivity index (χ0) is 11.6. The van der Waals surface area contributed by atoms with E-state index in [-0.39, 0.29) is 11.5 Å². The molecule has 3 nitrogen and oxygen atoms in total. The van der Waals surface area contributed by atoms with Crippen molar-refractivity contribution in [1.82, 2.24) is 0 Å². The molecule has 0 amide bonds. The zero-order valence-corrected chi connectivity index (χ0v) is 8.31. The molecule has 0 saturated heterocycles. The molecule has 0 fully saturated rings. The Labute approximate surface area is 80.7 Å². The summed E-state index contributed by atoms with van der Waals surface area (Å²) < 4.78 is 37.3. The van der Waals surface area contributed by atoms with Gasteiger partial charge in [-0.25, -0.2) is 0 Å². The van der Waals surface area contributed by atoms with Gasteiger partial charge in [-0.3, -0.25) is 4.99 Å². The molecule has 0 unspecified atom stereocenters. The van der Waals surface area contributed by atoms with Crippen LogP contribution in [0.5, 0.6) is 0 Å². The second kappa shape index (κ2) is 3.89. The first-order chi connectivity index (χ1) is 6.13. The summed E-state index contributed by atoms with van der Waals surface area (Å²) in [5.41, 5.74) is 8.09. The lowest BCUT2D eigenvalue weighted by molar-refractivity contribution is -0.197. The average molecular weight is 209 g/mol. The van der Waals surface area contributed by atoms with Gasteiger partial charge in [-0.1, -0.05) is 0 Å². The lowest BCUT2D eigenvalue weighted by Gasteiger charge is -2.28. The molecule has 0 aromatic heterocycles. The van der Waals surface area contributed by atoms with E-state index in [2.05, 4.69) is 4.99 Å². The van der Waals surface area contributed by atoms with Gasteiger partial charge in [0.1, 0.15) is 5.84 Å². The number of hydrogen-bond acceptors (Lipinski definition) is 2. The lowest BCUT2D eigenvalue weighted by Crippen LogP contribution is -2.37. The largest absolute Gasteiger partial charge is 0.401 e. The van der Waals surface area contributed by atoms with Crippen LogP contribution in [0.2, 0.25) is 0 Å². The van der Waals surface area contributed by atoms with E-state index < -0.39 is 11.6 Å². The van der Waals surface area contributed by atoms with E-state index in [9.17, 15) is 13.2 Å². The molecule has 0 aliphatic rings. The zero-order valence-electron chi connectivity index (χ0n) is 8.31. The number of allylic oxidation sites excluding steroid dienone is 1. The van der Waals surface area contributed by atoms with Crippen LogP contribution in [-0.2, 0) is 0 Å². The third-order valence-electron chi connectivity index (χ3n) is 1.99. The van der Waals surface area contributed by atoms with Crippen molar-refractivity contribution in [2.45, 2.75) is 20.0 Å². The molecule has 0 saturated carbocycles. The Balaban J connectivity index is 5.03. The highest BCUT2D eigenvalue weighted by Crippen LogP contribution is 2.41. The first kappa shape index (κ1) is 12.8. The number of alkyl halides is 3. The van der Waals surface area contributed by atoms with Crippen LogP contribution < -0.4 is 11.5 Å². The number of nitrogens with two attached hydrogens (primary N) is 2. The van der Waals surface area contributed by atoms with Gasteiger partial charge < -0.3 is 11.5 Å². The van der Waals surface area contributed by atoms with E-state index in [1.807, 2.05) is 0 Å². The van der Waals surface area contributed by atoms with Crippen LogP contribution in [-0.4, -0.2) is 19.1 Å². The molecule has 0 spiro atoms.